The van der Waals surface area contributed by atoms with Crippen LogP contribution in [0.4, 0.5) is 0 Å². The highest BCUT2D eigenvalue weighted by molar-refractivity contribution is 5.64. The summed E-state index contributed by atoms with van der Waals surface area (Å²) >= 11 is 0. The zero-order chi connectivity index (χ0) is 10.5. The van der Waals surface area contributed by atoms with Gasteiger partial charge in [0.05, 0.1) is 0 Å². The number of rotatable bonds is 3. The van der Waals surface area contributed by atoms with Crippen LogP contribution in [0.25, 0.3) is 0 Å². The van der Waals surface area contributed by atoms with Crippen molar-refractivity contribution in [2.75, 3.05) is 0 Å². The molecule has 2 aliphatic rings. The lowest BCUT2D eigenvalue weighted by Gasteiger charge is -2.18. The van der Waals surface area contributed by atoms with Crippen LogP contribution in [-0.4, -0.2) is 6.29 Å². The summed E-state index contributed by atoms with van der Waals surface area (Å²) in [5.74, 6) is 0.0500. The van der Waals surface area contributed by atoms with E-state index in [1.54, 1.807) is 0 Å². The second-order valence-electron chi connectivity index (χ2n) is 3.31. The first kappa shape index (κ1) is 9.77. The molecule has 15 heavy (non-hydrogen) atoms. The largest absolute Gasteiger partial charge is 0.466 e. The lowest BCUT2D eigenvalue weighted by molar-refractivity contribution is 0.239. The zero-order valence-corrected chi connectivity index (χ0v) is 8.18. The number of hydrogen-bond donors (Lipinski definition) is 0. The summed E-state index contributed by atoms with van der Waals surface area (Å²) in [6.45, 7) is 0. The number of allylic oxidation sites excluding steroid dienone is 4. The lowest BCUT2D eigenvalue weighted by atomic mass is 9.92. The lowest BCUT2D eigenvalue weighted by Crippen LogP contribution is -2.13. The maximum atomic E-state index is 10.9. The van der Waals surface area contributed by atoms with Crippen molar-refractivity contribution in [2.45, 2.75) is 12.8 Å². The van der Waals surface area contributed by atoms with Crippen molar-refractivity contribution in [3.05, 3.63) is 48.3 Å². The molecule has 1 aliphatic carbocycles. The molecule has 0 aromatic rings. The van der Waals surface area contributed by atoms with Crippen molar-refractivity contribution >= 4 is 6.29 Å². The number of carbonyl (C=O) groups excluding carboxylic acids is 1. The van der Waals surface area contributed by atoms with Gasteiger partial charge in [0.25, 0.3) is 0 Å². The zero-order valence-electron chi connectivity index (χ0n) is 8.18. The predicted molar refractivity (Wildman–Crippen MR) is 55.0 cm³/mol. The molecule has 3 nitrogen and oxygen atoms in total. The second kappa shape index (κ2) is 4.64. The maximum absolute atomic E-state index is 10.9. The summed E-state index contributed by atoms with van der Waals surface area (Å²) in [5, 5.41) is 0. The van der Waals surface area contributed by atoms with Crippen molar-refractivity contribution in [3.8, 4) is 0 Å². The quantitative estimate of drug-likeness (QED) is 0.706. The molecule has 1 atom stereocenters. The van der Waals surface area contributed by atoms with E-state index < -0.39 is 5.92 Å². The Hall–Kier alpha value is -1.77. The minimum Gasteiger partial charge on any atom is -0.466 e. The van der Waals surface area contributed by atoms with Crippen molar-refractivity contribution in [3.63, 3.8) is 0 Å². The average molecular weight is 203 g/mol. The summed E-state index contributed by atoms with van der Waals surface area (Å²) in [6, 6.07) is 0. The molecule has 1 radical (unpaired) electrons. The Morgan fingerprint density at radius 1 is 1.40 bits per heavy atom. The third-order valence-corrected chi connectivity index (χ3v) is 2.34. The van der Waals surface area contributed by atoms with E-state index in [9.17, 15) is 4.79 Å². The van der Waals surface area contributed by atoms with Crippen LogP contribution in [0.5, 0.6) is 0 Å². The molecule has 0 aromatic carbocycles. The summed E-state index contributed by atoms with van der Waals surface area (Å²) in [4.78, 5) is 10.9. The van der Waals surface area contributed by atoms with E-state index in [0.717, 1.165) is 18.4 Å². The summed E-state index contributed by atoms with van der Waals surface area (Å²) in [6.07, 6.45) is 14.0. The number of hydrogen-bond acceptors (Lipinski definition) is 3. The highest BCUT2D eigenvalue weighted by atomic mass is 16.5. The minimum absolute atomic E-state index is 0.445. The fraction of sp³-hybridized carbons (Fsp3) is 0.250. The Labute approximate surface area is 88.4 Å². The average Bonchev–Trinajstić information content (AvgIpc) is 2.33. The molecule has 0 amide bonds. The molecule has 77 valence electrons. The first-order valence-electron chi connectivity index (χ1n) is 4.82. The van der Waals surface area contributed by atoms with Crippen molar-refractivity contribution in [1.29, 1.82) is 0 Å². The van der Waals surface area contributed by atoms with Crippen LogP contribution in [0, 0.1) is 5.92 Å². The molecule has 2 rings (SSSR count). The monoisotopic (exact) mass is 203 g/mol. The highest BCUT2D eigenvalue weighted by Gasteiger charge is 2.22. The van der Waals surface area contributed by atoms with Gasteiger partial charge in [-0.15, -0.1) is 0 Å². The Bertz CT molecular complexity index is 361. The fourth-order valence-corrected chi connectivity index (χ4v) is 1.59. The molecule has 1 heterocycles. The molecule has 0 saturated heterocycles. The first-order chi connectivity index (χ1) is 7.42. The molecule has 0 aromatic heterocycles. The fourth-order valence-electron chi connectivity index (χ4n) is 1.59. The molecule has 0 fully saturated rings. The molecule has 1 unspecified atom stereocenters. The Morgan fingerprint density at radius 2 is 2.33 bits per heavy atom. The highest BCUT2D eigenvalue weighted by Crippen LogP contribution is 2.27. The third kappa shape index (κ3) is 2.18. The van der Waals surface area contributed by atoms with E-state index >= 15 is 0 Å². The standard InChI is InChI=1S/C12H11O3/c13-8-11(10-4-2-1-3-5-10)12-9-14-6-7-15-12/h1-2,4,6-7,9,11H,3,5H2. The molecule has 0 saturated carbocycles. The van der Waals surface area contributed by atoms with Gasteiger partial charge in [0.2, 0.25) is 6.29 Å². The van der Waals surface area contributed by atoms with Crippen molar-refractivity contribution in [1.82, 2.24) is 0 Å². The maximum Gasteiger partial charge on any atom is 0.214 e. The molecule has 0 spiro atoms. The molecule has 0 bridgehead atoms. The van der Waals surface area contributed by atoms with E-state index in [1.165, 1.54) is 18.8 Å². The molecular formula is C12H11O3. The normalized spacial score (nSPS) is 20.8. The van der Waals surface area contributed by atoms with E-state index in [1.807, 2.05) is 18.4 Å². The molecule has 3 heteroatoms. The smallest absolute Gasteiger partial charge is 0.214 e. The van der Waals surface area contributed by atoms with Crippen LogP contribution in [0.15, 0.2) is 48.3 Å². The number of ether oxygens (including phenoxy) is 2. The van der Waals surface area contributed by atoms with Crippen molar-refractivity contribution in [2.24, 2.45) is 5.92 Å². The van der Waals surface area contributed by atoms with E-state index in [4.69, 9.17) is 9.47 Å². The first-order valence-corrected chi connectivity index (χ1v) is 4.82. The third-order valence-electron chi connectivity index (χ3n) is 2.34. The van der Waals surface area contributed by atoms with Gasteiger partial charge in [0.1, 0.15) is 24.7 Å². The summed E-state index contributed by atoms with van der Waals surface area (Å²) in [7, 11) is 0. The van der Waals surface area contributed by atoms with Gasteiger partial charge >= 0.3 is 0 Å². The Balaban J connectivity index is 2.16. The minimum atomic E-state index is -0.445. The van der Waals surface area contributed by atoms with Crippen molar-refractivity contribution < 1.29 is 14.3 Å². The SMILES string of the molecule is O=[C]C(C1=CC=CCC1)C1=COC=CO1. The topological polar surface area (TPSA) is 35.5 Å². The molecular weight excluding hydrogens is 192 g/mol. The summed E-state index contributed by atoms with van der Waals surface area (Å²) < 4.78 is 10.2. The van der Waals surface area contributed by atoms with Crippen LogP contribution < -0.4 is 0 Å². The van der Waals surface area contributed by atoms with Crippen LogP contribution in [-0.2, 0) is 14.3 Å². The van der Waals surface area contributed by atoms with Gasteiger partial charge in [-0.3, -0.25) is 4.79 Å². The Morgan fingerprint density at radius 3 is 2.93 bits per heavy atom. The van der Waals surface area contributed by atoms with Gasteiger partial charge in [-0.1, -0.05) is 23.8 Å². The summed E-state index contributed by atoms with van der Waals surface area (Å²) in [5.41, 5.74) is 1.01. The molecule has 0 N–H and O–H groups in total. The molecule has 1 aliphatic heterocycles. The second-order valence-corrected chi connectivity index (χ2v) is 3.31. The van der Waals surface area contributed by atoms with Gasteiger partial charge in [0, 0.05) is 0 Å². The Kier molecular flexibility index (Phi) is 3.02. The van der Waals surface area contributed by atoms with Gasteiger partial charge in [-0.25, -0.2) is 0 Å². The van der Waals surface area contributed by atoms with Crippen LogP contribution in [0.2, 0.25) is 0 Å². The van der Waals surface area contributed by atoms with Crippen LogP contribution >= 0.6 is 0 Å². The van der Waals surface area contributed by atoms with Gasteiger partial charge in [0.15, 0.2) is 5.76 Å². The predicted octanol–water partition coefficient (Wildman–Crippen LogP) is 2.35. The van der Waals surface area contributed by atoms with Gasteiger partial charge < -0.3 is 9.47 Å². The van der Waals surface area contributed by atoms with E-state index in [2.05, 4.69) is 6.08 Å². The van der Waals surface area contributed by atoms with Crippen LogP contribution in [0.3, 0.4) is 0 Å². The van der Waals surface area contributed by atoms with Gasteiger partial charge in [-0.05, 0) is 12.8 Å². The van der Waals surface area contributed by atoms with Crippen LogP contribution in [0.1, 0.15) is 12.8 Å². The van der Waals surface area contributed by atoms with Gasteiger partial charge in [-0.2, -0.15) is 0 Å². The van der Waals surface area contributed by atoms with E-state index in [0.29, 0.717) is 5.76 Å². The van der Waals surface area contributed by atoms with E-state index in [-0.39, 0.29) is 0 Å².